The van der Waals surface area contributed by atoms with Crippen molar-refractivity contribution in [2.75, 3.05) is 5.32 Å². The Bertz CT molecular complexity index is 1490. The van der Waals surface area contributed by atoms with Crippen molar-refractivity contribution in [1.82, 2.24) is 14.5 Å². The predicted octanol–water partition coefficient (Wildman–Crippen LogP) is 4.62. The number of fused-ring (bicyclic) bond motifs is 3. The maximum absolute atomic E-state index is 13.0. The number of anilines is 1. The van der Waals surface area contributed by atoms with E-state index in [0.717, 1.165) is 32.7 Å². The van der Waals surface area contributed by atoms with Crippen LogP contribution < -0.4 is 10.9 Å². The number of pyridine rings is 1. The molecule has 6 nitrogen and oxygen atoms in total. The molecule has 0 spiro atoms. The standard InChI is InChI=1S/C24H18N4O2S/c1-15-7-5-6-10-18(15)26-20(29)13-28-14-25-21-17-11-12-19(16-8-3-2-4-9-16)27-23(17)31-22(21)24(28)30/h2-12,14H,13H2,1H3,(H,26,29). The van der Waals surface area contributed by atoms with Crippen LogP contribution in [-0.2, 0) is 11.3 Å². The molecule has 0 bridgehead atoms. The van der Waals surface area contributed by atoms with Gasteiger partial charge in [0.2, 0.25) is 5.91 Å². The number of thiophene rings is 1. The molecule has 0 unspecified atom stereocenters. The second-order valence-electron chi connectivity index (χ2n) is 7.24. The summed E-state index contributed by atoms with van der Waals surface area (Å²) in [6, 6.07) is 21.3. The molecular weight excluding hydrogens is 408 g/mol. The lowest BCUT2D eigenvalue weighted by molar-refractivity contribution is -0.116. The van der Waals surface area contributed by atoms with Gasteiger partial charge in [-0.25, -0.2) is 9.97 Å². The zero-order valence-corrected chi connectivity index (χ0v) is 17.5. The fraction of sp³-hybridized carbons (Fsp3) is 0.0833. The molecule has 2 aromatic carbocycles. The zero-order chi connectivity index (χ0) is 21.4. The summed E-state index contributed by atoms with van der Waals surface area (Å²) in [5.41, 5.74) is 3.93. The van der Waals surface area contributed by atoms with Gasteiger partial charge in [0, 0.05) is 16.6 Å². The van der Waals surface area contributed by atoms with Crippen molar-refractivity contribution in [2.24, 2.45) is 0 Å². The van der Waals surface area contributed by atoms with Crippen LogP contribution >= 0.6 is 11.3 Å². The van der Waals surface area contributed by atoms with E-state index in [0.29, 0.717) is 10.2 Å². The summed E-state index contributed by atoms with van der Waals surface area (Å²) in [6.07, 6.45) is 1.43. The number of hydrogen-bond donors (Lipinski definition) is 1. The second kappa shape index (κ2) is 7.77. The first kappa shape index (κ1) is 19.1. The Kier molecular flexibility index (Phi) is 4.80. The molecule has 0 atom stereocenters. The molecule has 3 aromatic heterocycles. The van der Waals surface area contributed by atoms with Gasteiger partial charge in [-0.2, -0.15) is 0 Å². The highest BCUT2D eigenvalue weighted by atomic mass is 32.1. The summed E-state index contributed by atoms with van der Waals surface area (Å²) in [4.78, 5) is 35.5. The van der Waals surface area contributed by atoms with E-state index in [1.807, 2.05) is 73.7 Å². The quantitative estimate of drug-likeness (QED) is 0.455. The van der Waals surface area contributed by atoms with Crippen LogP contribution in [0.2, 0.25) is 0 Å². The van der Waals surface area contributed by atoms with Gasteiger partial charge in [0.25, 0.3) is 5.56 Å². The van der Waals surface area contributed by atoms with Crippen LogP contribution in [0.4, 0.5) is 5.69 Å². The number of amides is 1. The Morgan fingerprint density at radius 3 is 2.61 bits per heavy atom. The molecule has 5 rings (SSSR count). The summed E-state index contributed by atoms with van der Waals surface area (Å²) in [5, 5.41) is 3.69. The van der Waals surface area contributed by atoms with Crippen LogP contribution in [0.3, 0.4) is 0 Å². The third-order valence-electron chi connectivity index (χ3n) is 5.11. The van der Waals surface area contributed by atoms with Crippen molar-refractivity contribution in [1.29, 1.82) is 0 Å². The summed E-state index contributed by atoms with van der Waals surface area (Å²) in [6.45, 7) is 1.82. The number of nitrogens with one attached hydrogen (secondary N) is 1. The minimum atomic E-state index is -0.275. The topological polar surface area (TPSA) is 76.9 Å². The molecular formula is C24H18N4O2S. The van der Waals surface area contributed by atoms with Crippen LogP contribution in [0, 0.1) is 6.92 Å². The largest absolute Gasteiger partial charge is 0.324 e. The van der Waals surface area contributed by atoms with Crippen molar-refractivity contribution in [3.05, 3.63) is 89.0 Å². The highest BCUT2D eigenvalue weighted by Crippen LogP contribution is 2.31. The molecule has 5 aromatic rings. The van der Waals surface area contributed by atoms with E-state index in [1.54, 1.807) is 0 Å². The molecule has 0 fully saturated rings. The summed E-state index contributed by atoms with van der Waals surface area (Å²) in [7, 11) is 0. The van der Waals surface area contributed by atoms with Crippen LogP contribution in [-0.4, -0.2) is 20.4 Å². The van der Waals surface area contributed by atoms with Gasteiger partial charge in [-0.1, -0.05) is 48.5 Å². The lowest BCUT2D eigenvalue weighted by Crippen LogP contribution is -2.27. The minimum absolute atomic E-state index is 0.104. The SMILES string of the molecule is Cc1ccccc1NC(=O)Cn1cnc2c(sc3nc(-c4ccccc4)ccc32)c1=O. The fourth-order valence-electron chi connectivity index (χ4n) is 3.49. The number of carbonyl (C=O) groups excluding carboxylic acids is 1. The van der Waals surface area contributed by atoms with E-state index in [2.05, 4.69) is 10.3 Å². The van der Waals surface area contributed by atoms with Gasteiger partial charge in [-0.15, -0.1) is 11.3 Å². The van der Waals surface area contributed by atoms with Crippen molar-refractivity contribution in [2.45, 2.75) is 13.5 Å². The van der Waals surface area contributed by atoms with E-state index in [1.165, 1.54) is 22.2 Å². The predicted molar refractivity (Wildman–Crippen MR) is 124 cm³/mol. The number of hydrogen-bond acceptors (Lipinski definition) is 5. The first-order chi connectivity index (χ1) is 15.1. The van der Waals surface area contributed by atoms with Crippen molar-refractivity contribution < 1.29 is 4.79 Å². The molecule has 0 aliphatic rings. The van der Waals surface area contributed by atoms with Gasteiger partial charge < -0.3 is 5.32 Å². The molecule has 1 amide bonds. The van der Waals surface area contributed by atoms with E-state index in [9.17, 15) is 9.59 Å². The van der Waals surface area contributed by atoms with Crippen LogP contribution in [0.5, 0.6) is 0 Å². The first-order valence-corrected chi connectivity index (χ1v) is 10.6. The van der Waals surface area contributed by atoms with Gasteiger partial charge in [0.1, 0.15) is 16.1 Å². The molecule has 1 N–H and O–H groups in total. The van der Waals surface area contributed by atoms with Crippen molar-refractivity contribution in [3.8, 4) is 11.3 Å². The molecule has 31 heavy (non-hydrogen) atoms. The maximum atomic E-state index is 13.0. The van der Waals surface area contributed by atoms with E-state index in [-0.39, 0.29) is 18.0 Å². The molecule has 0 saturated carbocycles. The Labute approximate surface area is 181 Å². The Balaban J connectivity index is 1.49. The Morgan fingerprint density at radius 1 is 1.03 bits per heavy atom. The lowest BCUT2D eigenvalue weighted by Gasteiger charge is -2.09. The summed E-state index contributed by atoms with van der Waals surface area (Å²) >= 11 is 1.31. The molecule has 3 heterocycles. The molecule has 0 saturated heterocycles. The third kappa shape index (κ3) is 3.60. The van der Waals surface area contributed by atoms with Gasteiger partial charge in [-0.3, -0.25) is 14.2 Å². The molecule has 7 heteroatoms. The fourth-order valence-corrected chi connectivity index (χ4v) is 4.57. The Morgan fingerprint density at radius 2 is 1.81 bits per heavy atom. The smallest absolute Gasteiger partial charge is 0.271 e. The van der Waals surface area contributed by atoms with Gasteiger partial charge in [0.05, 0.1) is 17.5 Å². The molecule has 0 aliphatic heterocycles. The average Bonchev–Trinajstić information content (AvgIpc) is 3.16. The number of aromatic nitrogens is 3. The lowest BCUT2D eigenvalue weighted by atomic mass is 10.1. The molecule has 0 aliphatic carbocycles. The number of rotatable bonds is 4. The highest BCUT2D eigenvalue weighted by Gasteiger charge is 2.15. The Hall–Kier alpha value is -3.84. The number of carbonyl (C=O) groups is 1. The summed E-state index contributed by atoms with van der Waals surface area (Å²) < 4.78 is 1.84. The van der Waals surface area contributed by atoms with Crippen molar-refractivity contribution >= 4 is 43.4 Å². The van der Waals surface area contributed by atoms with Crippen LogP contribution in [0.15, 0.2) is 77.9 Å². The number of aryl methyl sites for hydroxylation is 1. The van der Waals surface area contributed by atoms with Gasteiger partial charge in [-0.05, 0) is 30.7 Å². The third-order valence-corrected chi connectivity index (χ3v) is 6.19. The first-order valence-electron chi connectivity index (χ1n) is 9.80. The van der Waals surface area contributed by atoms with Crippen molar-refractivity contribution in [3.63, 3.8) is 0 Å². The zero-order valence-electron chi connectivity index (χ0n) is 16.7. The highest BCUT2D eigenvalue weighted by molar-refractivity contribution is 7.25. The number of benzene rings is 2. The number of nitrogens with zero attached hydrogens (tertiary/aromatic N) is 3. The normalized spacial score (nSPS) is 11.1. The van der Waals surface area contributed by atoms with Crippen LogP contribution in [0.25, 0.3) is 31.7 Å². The van der Waals surface area contributed by atoms with Gasteiger partial charge >= 0.3 is 0 Å². The second-order valence-corrected chi connectivity index (χ2v) is 8.23. The van der Waals surface area contributed by atoms with Gasteiger partial charge in [0.15, 0.2) is 0 Å². The summed E-state index contributed by atoms with van der Waals surface area (Å²) in [5.74, 6) is -0.275. The maximum Gasteiger partial charge on any atom is 0.271 e. The van der Waals surface area contributed by atoms with E-state index in [4.69, 9.17) is 4.98 Å². The molecule has 0 radical (unpaired) electrons. The number of para-hydroxylation sites is 1. The van der Waals surface area contributed by atoms with E-state index < -0.39 is 0 Å². The molecule has 152 valence electrons. The minimum Gasteiger partial charge on any atom is -0.324 e. The van der Waals surface area contributed by atoms with E-state index >= 15 is 0 Å². The van der Waals surface area contributed by atoms with Crippen LogP contribution in [0.1, 0.15) is 5.56 Å². The monoisotopic (exact) mass is 426 g/mol. The average molecular weight is 427 g/mol.